The lowest BCUT2D eigenvalue weighted by atomic mass is 10.0. The van der Waals surface area contributed by atoms with E-state index in [0.29, 0.717) is 33.0 Å². The summed E-state index contributed by atoms with van der Waals surface area (Å²) in [6.07, 6.45) is 0. The van der Waals surface area contributed by atoms with E-state index in [0.717, 1.165) is 16.2 Å². The molecule has 0 aliphatic heterocycles. The molecule has 0 atom stereocenters. The van der Waals surface area contributed by atoms with Crippen LogP contribution in [0.25, 0.3) is 32.9 Å². The van der Waals surface area contributed by atoms with Crippen LogP contribution in [0.2, 0.25) is 5.02 Å². The number of para-hydroxylation sites is 1. The van der Waals surface area contributed by atoms with Gasteiger partial charge < -0.3 is 9.73 Å². The second-order valence-electron chi connectivity index (χ2n) is 7.16. The number of hydrogen-bond acceptors (Lipinski definition) is 3. The maximum atomic E-state index is 13.0. The normalized spacial score (nSPS) is 11.0. The van der Waals surface area contributed by atoms with Crippen molar-refractivity contribution in [1.29, 1.82) is 0 Å². The molecule has 4 nitrogen and oxygen atoms in total. The first-order valence-electron chi connectivity index (χ1n) is 9.72. The second kappa shape index (κ2) is 7.74. The first-order chi connectivity index (χ1) is 15.1. The molecule has 0 aliphatic rings. The Kier molecular flexibility index (Phi) is 4.77. The van der Waals surface area contributed by atoms with Crippen LogP contribution in [0.15, 0.2) is 100 Å². The van der Waals surface area contributed by atoms with Crippen LogP contribution >= 0.6 is 11.6 Å². The smallest absolute Gasteiger partial charge is 0.344 e. The summed E-state index contributed by atoms with van der Waals surface area (Å²) >= 11 is 6.27. The van der Waals surface area contributed by atoms with Crippen LogP contribution in [0.5, 0.6) is 0 Å². The van der Waals surface area contributed by atoms with Gasteiger partial charge in [0.05, 0.1) is 5.56 Å². The van der Waals surface area contributed by atoms with Gasteiger partial charge in [-0.1, -0.05) is 66.2 Å². The van der Waals surface area contributed by atoms with Crippen molar-refractivity contribution in [2.75, 3.05) is 5.32 Å². The second-order valence-corrected chi connectivity index (χ2v) is 7.57. The third kappa shape index (κ3) is 3.58. The third-order valence-electron chi connectivity index (χ3n) is 5.19. The van der Waals surface area contributed by atoms with Crippen LogP contribution in [-0.2, 0) is 0 Å². The summed E-state index contributed by atoms with van der Waals surface area (Å²) in [6.45, 7) is 0. The summed E-state index contributed by atoms with van der Waals surface area (Å²) in [4.78, 5) is 25.5. The van der Waals surface area contributed by atoms with E-state index in [1.54, 1.807) is 48.5 Å². The molecule has 1 heterocycles. The first-order valence-corrected chi connectivity index (χ1v) is 10.1. The summed E-state index contributed by atoms with van der Waals surface area (Å²) in [5.41, 5.74) is 2.32. The standard InChI is InChI=1S/C26H16ClNO3/c27-23-12-5-9-19-20(23)10-4-11-21(19)25(29)28-18-8-3-7-16(14-18)22-15-17-6-1-2-13-24(17)31-26(22)30/h1-15H,(H,28,29). The van der Waals surface area contributed by atoms with Crippen molar-refractivity contribution in [3.8, 4) is 11.1 Å². The van der Waals surface area contributed by atoms with Crippen molar-refractivity contribution in [3.05, 3.63) is 112 Å². The number of hydrogen-bond donors (Lipinski definition) is 1. The lowest BCUT2D eigenvalue weighted by molar-refractivity contribution is 0.102. The number of carbonyl (C=O) groups excluding carboxylic acids is 1. The van der Waals surface area contributed by atoms with Crippen LogP contribution in [-0.4, -0.2) is 5.91 Å². The Morgan fingerprint density at radius 2 is 1.58 bits per heavy atom. The number of fused-ring (bicyclic) bond motifs is 2. The average molecular weight is 426 g/mol. The molecule has 0 saturated heterocycles. The van der Waals surface area contributed by atoms with Crippen molar-refractivity contribution < 1.29 is 9.21 Å². The third-order valence-corrected chi connectivity index (χ3v) is 5.52. The van der Waals surface area contributed by atoms with Gasteiger partial charge in [0.25, 0.3) is 5.91 Å². The van der Waals surface area contributed by atoms with Gasteiger partial charge in [0.15, 0.2) is 0 Å². The molecule has 0 aliphatic carbocycles. The maximum Gasteiger partial charge on any atom is 0.344 e. The summed E-state index contributed by atoms with van der Waals surface area (Å²) < 4.78 is 5.44. The maximum absolute atomic E-state index is 13.0. The van der Waals surface area contributed by atoms with Crippen LogP contribution in [0.3, 0.4) is 0 Å². The number of halogens is 1. The Morgan fingerprint density at radius 1 is 0.806 bits per heavy atom. The molecular weight excluding hydrogens is 410 g/mol. The predicted octanol–water partition coefficient (Wildman–Crippen LogP) is 6.52. The number of amides is 1. The molecule has 0 radical (unpaired) electrons. The molecule has 0 saturated carbocycles. The SMILES string of the molecule is O=C(Nc1cccc(-c2cc3ccccc3oc2=O)c1)c1cccc2c(Cl)cccc12. The monoisotopic (exact) mass is 425 g/mol. The van der Waals surface area contributed by atoms with Crippen LogP contribution in [0.1, 0.15) is 10.4 Å². The summed E-state index contributed by atoms with van der Waals surface area (Å²) in [5.74, 6) is -0.254. The number of nitrogens with one attached hydrogen (secondary N) is 1. The highest BCUT2D eigenvalue weighted by atomic mass is 35.5. The first kappa shape index (κ1) is 19.1. The van der Waals surface area contributed by atoms with E-state index < -0.39 is 5.63 Å². The van der Waals surface area contributed by atoms with E-state index >= 15 is 0 Å². The zero-order chi connectivity index (χ0) is 21.4. The zero-order valence-corrected chi connectivity index (χ0v) is 17.0. The van der Waals surface area contributed by atoms with Gasteiger partial charge in [-0.25, -0.2) is 4.79 Å². The van der Waals surface area contributed by atoms with Crippen molar-refractivity contribution in [1.82, 2.24) is 0 Å². The van der Waals surface area contributed by atoms with Gasteiger partial charge in [-0.3, -0.25) is 4.79 Å². The molecule has 31 heavy (non-hydrogen) atoms. The lowest BCUT2D eigenvalue weighted by Crippen LogP contribution is -2.12. The van der Waals surface area contributed by atoms with E-state index in [2.05, 4.69) is 5.32 Å². The molecule has 0 spiro atoms. The molecule has 5 heteroatoms. The molecule has 0 fully saturated rings. The van der Waals surface area contributed by atoms with Crippen molar-refractivity contribution in [3.63, 3.8) is 0 Å². The van der Waals surface area contributed by atoms with Crippen molar-refractivity contribution in [2.24, 2.45) is 0 Å². The van der Waals surface area contributed by atoms with Crippen LogP contribution in [0.4, 0.5) is 5.69 Å². The quantitative estimate of drug-likeness (QED) is 0.335. The van der Waals surface area contributed by atoms with Gasteiger partial charge in [0, 0.05) is 27.0 Å². The van der Waals surface area contributed by atoms with Gasteiger partial charge in [0.2, 0.25) is 0 Å². The van der Waals surface area contributed by atoms with Crippen molar-refractivity contribution >= 4 is 44.9 Å². The van der Waals surface area contributed by atoms with Gasteiger partial charge in [-0.15, -0.1) is 0 Å². The largest absolute Gasteiger partial charge is 0.422 e. The Balaban J connectivity index is 1.51. The number of benzene rings is 4. The molecule has 1 aromatic heterocycles. The molecule has 0 bridgehead atoms. The predicted molar refractivity (Wildman–Crippen MR) is 125 cm³/mol. The fourth-order valence-electron chi connectivity index (χ4n) is 3.70. The Bertz CT molecular complexity index is 1520. The minimum atomic E-state index is -0.425. The van der Waals surface area contributed by atoms with Gasteiger partial charge in [-0.05, 0) is 47.3 Å². The Morgan fingerprint density at radius 3 is 2.48 bits per heavy atom. The molecular formula is C26H16ClNO3. The highest BCUT2D eigenvalue weighted by Gasteiger charge is 2.13. The topological polar surface area (TPSA) is 59.3 Å². The Hall–Kier alpha value is -3.89. The summed E-state index contributed by atoms with van der Waals surface area (Å²) in [7, 11) is 0. The van der Waals surface area contributed by atoms with Gasteiger partial charge in [0.1, 0.15) is 5.58 Å². The summed E-state index contributed by atoms with van der Waals surface area (Å²) in [6, 6.07) is 27.2. The van der Waals surface area contributed by atoms with E-state index in [9.17, 15) is 9.59 Å². The van der Waals surface area contributed by atoms with E-state index in [1.165, 1.54) is 0 Å². The van der Waals surface area contributed by atoms with Gasteiger partial charge in [-0.2, -0.15) is 0 Å². The average Bonchev–Trinajstić information content (AvgIpc) is 2.79. The number of rotatable bonds is 3. The minimum Gasteiger partial charge on any atom is -0.422 e. The van der Waals surface area contributed by atoms with Gasteiger partial charge >= 0.3 is 5.63 Å². The highest BCUT2D eigenvalue weighted by molar-refractivity contribution is 6.36. The van der Waals surface area contributed by atoms with E-state index in [4.69, 9.17) is 16.0 Å². The fourth-order valence-corrected chi connectivity index (χ4v) is 3.93. The molecule has 4 aromatic carbocycles. The van der Waals surface area contributed by atoms with Crippen LogP contribution < -0.4 is 10.9 Å². The fraction of sp³-hybridized carbons (Fsp3) is 0. The minimum absolute atomic E-state index is 0.254. The molecule has 150 valence electrons. The molecule has 5 aromatic rings. The van der Waals surface area contributed by atoms with Crippen molar-refractivity contribution in [2.45, 2.75) is 0 Å². The molecule has 1 amide bonds. The van der Waals surface area contributed by atoms with Crippen LogP contribution in [0, 0.1) is 0 Å². The Labute approximate surface area is 182 Å². The van der Waals surface area contributed by atoms with E-state index in [1.807, 2.05) is 42.5 Å². The summed E-state index contributed by atoms with van der Waals surface area (Å²) in [5, 5.41) is 5.94. The molecule has 1 N–H and O–H groups in total. The number of carbonyl (C=O) groups is 1. The molecule has 0 unspecified atom stereocenters. The highest BCUT2D eigenvalue weighted by Crippen LogP contribution is 2.27. The number of anilines is 1. The zero-order valence-electron chi connectivity index (χ0n) is 16.3. The lowest BCUT2D eigenvalue weighted by Gasteiger charge is -2.10. The van der Waals surface area contributed by atoms with E-state index in [-0.39, 0.29) is 5.91 Å². The molecule has 5 rings (SSSR count).